The van der Waals surface area contributed by atoms with Crippen molar-refractivity contribution in [1.82, 2.24) is 9.97 Å². The summed E-state index contributed by atoms with van der Waals surface area (Å²) >= 11 is 5.08. The molecule has 94 valence electrons. The lowest BCUT2D eigenvalue weighted by molar-refractivity contribution is 0.181. The van der Waals surface area contributed by atoms with Gasteiger partial charge in [-0.2, -0.15) is 0 Å². The molecule has 5 heteroatoms. The third kappa shape index (κ3) is 3.45. The topological polar surface area (TPSA) is 37.9 Å². The fraction of sp³-hybridized carbons (Fsp3) is 0.231. The maximum atomic E-state index is 13.1. The number of hydrogen-bond acceptors (Lipinski definition) is 3. The van der Waals surface area contributed by atoms with Crippen LogP contribution in [0.2, 0.25) is 0 Å². The van der Waals surface area contributed by atoms with Crippen LogP contribution in [0.5, 0.6) is 0 Å². The molecule has 0 saturated heterocycles. The molecule has 0 radical (unpaired) electrons. The van der Waals surface area contributed by atoms with Crippen molar-refractivity contribution in [3.05, 3.63) is 57.9 Å². The Morgan fingerprint density at radius 3 is 2.94 bits per heavy atom. The van der Waals surface area contributed by atoms with Crippen molar-refractivity contribution in [2.24, 2.45) is 0 Å². The minimum absolute atomic E-state index is 0.251. The predicted octanol–water partition coefficient (Wildman–Crippen LogP) is 3.02. The van der Waals surface area contributed by atoms with Crippen LogP contribution in [0.1, 0.15) is 17.1 Å². The Labute approximate surface area is 110 Å². The van der Waals surface area contributed by atoms with Crippen LogP contribution in [0.15, 0.2) is 30.3 Å². The zero-order valence-electron chi connectivity index (χ0n) is 9.94. The molecule has 0 aliphatic carbocycles. The van der Waals surface area contributed by atoms with Crippen molar-refractivity contribution >= 4 is 12.2 Å². The molecule has 1 heterocycles. The highest BCUT2D eigenvalue weighted by molar-refractivity contribution is 7.71. The van der Waals surface area contributed by atoms with Crippen LogP contribution in [0.25, 0.3) is 0 Å². The highest BCUT2D eigenvalue weighted by Gasteiger charge is 2.02. The number of aromatic nitrogens is 2. The maximum absolute atomic E-state index is 13.1. The Bertz CT molecular complexity index is 598. The van der Waals surface area contributed by atoms with Crippen LogP contribution in [0, 0.1) is 10.5 Å². The van der Waals surface area contributed by atoms with E-state index in [1.54, 1.807) is 19.2 Å². The second kappa shape index (κ2) is 5.84. The summed E-state index contributed by atoms with van der Waals surface area (Å²) in [5.74, 6) is 0.458. The van der Waals surface area contributed by atoms with Crippen molar-refractivity contribution in [1.29, 1.82) is 0 Å². The Morgan fingerprint density at radius 1 is 1.39 bits per heavy atom. The van der Waals surface area contributed by atoms with E-state index in [9.17, 15) is 4.39 Å². The van der Waals surface area contributed by atoms with Crippen LogP contribution in [0.4, 0.5) is 4.39 Å². The summed E-state index contributed by atoms with van der Waals surface area (Å²) < 4.78 is 18.6. The van der Waals surface area contributed by atoms with E-state index in [0.717, 1.165) is 11.3 Å². The highest BCUT2D eigenvalue weighted by atomic mass is 32.1. The molecule has 1 aromatic heterocycles. The van der Waals surface area contributed by atoms with Crippen molar-refractivity contribution in [2.45, 2.75) is 13.0 Å². The number of H-pyrrole nitrogens is 1. The molecule has 0 unspecified atom stereocenters. The first-order valence-electron chi connectivity index (χ1n) is 5.50. The highest BCUT2D eigenvalue weighted by Crippen LogP contribution is 2.09. The fourth-order valence-corrected chi connectivity index (χ4v) is 1.97. The Balaban J connectivity index is 2.26. The van der Waals surface area contributed by atoms with Crippen LogP contribution in [-0.2, 0) is 17.8 Å². The van der Waals surface area contributed by atoms with Gasteiger partial charge in [0, 0.05) is 19.2 Å². The average molecular weight is 264 g/mol. The molecular formula is C13H13FN2OS. The van der Waals surface area contributed by atoms with E-state index in [4.69, 9.17) is 17.0 Å². The third-order valence-electron chi connectivity index (χ3n) is 2.41. The summed E-state index contributed by atoms with van der Waals surface area (Å²) in [5.41, 5.74) is 1.71. The van der Waals surface area contributed by atoms with E-state index >= 15 is 0 Å². The Morgan fingerprint density at radius 2 is 2.22 bits per heavy atom. The predicted molar refractivity (Wildman–Crippen MR) is 69.3 cm³/mol. The second-order valence-corrected chi connectivity index (χ2v) is 4.35. The molecule has 1 aromatic carbocycles. The van der Waals surface area contributed by atoms with Gasteiger partial charge in [-0.3, -0.25) is 0 Å². The van der Waals surface area contributed by atoms with E-state index < -0.39 is 0 Å². The summed E-state index contributed by atoms with van der Waals surface area (Å²) in [4.78, 5) is 7.35. The standard InChI is InChI=1S/C13H13FN2OS/c1-17-8-11-7-13(18)16-12(15-11)6-9-3-2-4-10(14)5-9/h2-5,7H,6,8H2,1H3,(H,15,16,18). The molecule has 2 rings (SSSR count). The Hall–Kier alpha value is -1.59. The van der Waals surface area contributed by atoms with E-state index in [1.165, 1.54) is 12.1 Å². The van der Waals surface area contributed by atoms with Crippen LogP contribution in [-0.4, -0.2) is 17.1 Å². The molecule has 0 aliphatic rings. The summed E-state index contributed by atoms with van der Waals surface area (Å²) in [5, 5.41) is 0. The van der Waals surface area contributed by atoms with E-state index in [2.05, 4.69) is 9.97 Å². The molecule has 0 atom stereocenters. The van der Waals surface area contributed by atoms with Crippen LogP contribution >= 0.6 is 12.2 Å². The van der Waals surface area contributed by atoms with E-state index in [-0.39, 0.29) is 5.82 Å². The number of nitrogens with zero attached hydrogens (tertiary/aromatic N) is 1. The van der Waals surface area contributed by atoms with Crippen LogP contribution < -0.4 is 0 Å². The molecule has 18 heavy (non-hydrogen) atoms. The molecule has 0 saturated carbocycles. The van der Waals surface area contributed by atoms with Gasteiger partial charge in [-0.15, -0.1) is 0 Å². The first-order chi connectivity index (χ1) is 8.67. The summed E-state index contributed by atoms with van der Waals surface area (Å²) in [7, 11) is 1.61. The second-order valence-electron chi connectivity index (χ2n) is 3.93. The van der Waals surface area contributed by atoms with Gasteiger partial charge in [-0.25, -0.2) is 9.37 Å². The van der Waals surface area contributed by atoms with Gasteiger partial charge in [0.25, 0.3) is 0 Å². The number of benzene rings is 1. The number of hydrogen-bond donors (Lipinski definition) is 1. The van der Waals surface area contributed by atoms with Crippen molar-refractivity contribution in [2.75, 3.05) is 7.11 Å². The Kier molecular flexibility index (Phi) is 4.17. The van der Waals surface area contributed by atoms with Gasteiger partial charge >= 0.3 is 0 Å². The van der Waals surface area contributed by atoms with Gasteiger partial charge in [-0.05, 0) is 23.8 Å². The van der Waals surface area contributed by atoms with Crippen molar-refractivity contribution < 1.29 is 9.13 Å². The molecule has 0 fully saturated rings. The molecule has 3 nitrogen and oxygen atoms in total. The average Bonchev–Trinajstić information content (AvgIpc) is 2.28. The number of methoxy groups -OCH3 is 1. The van der Waals surface area contributed by atoms with Crippen molar-refractivity contribution in [3.63, 3.8) is 0 Å². The summed E-state index contributed by atoms with van der Waals surface area (Å²) in [6, 6.07) is 8.19. The number of ether oxygens (including phenoxy) is 1. The van der Waals surface area contributed by atoms with E-state index in [1.807, 2.05) is 6.07 Å². The molecule has 2 aromatic rings. The molecule has 1 N–H and O–H groups in total. The van der Waals surface area contributed by atoms with Crippen molar-refractivity contribution in [3.8, 4) is 0 Å². The zero-order valence-corrected chi connectivity index (χ0v) is 10.8. The largest absolute Gasteiger partial charge is 0.378 e. The first-order valence-corrected chi connectivity index (χ1v) is 5.90. The van der Waals surface area contributed by atoms with Gasteiger partial charge in [0.15, 0.2) is 0 Å². The maximum Gasteiger partial charge on any atom is 0.130 e. The minimum Gasteiger partial charge on any atom is -0.378 e. The molecule has 0 amide bonds. The molecule has 0 spiro atoms. The van der Waals surface area contributed by atoms with E-state index in [0.29, 0.717) is 23.5 Å². The minimum atomic E-state index is -0.251. The smallest absolute Gasteiger partial charge is 0.130 e. The lowest BCUT2D eigenvalue weighted by Crippen LogP contribution is -2.02. The molecular weight excluding hydrogens is 251 g/mol. The quantitative estimate of drug-likeness (QED) is 0.863. The third-order valence-corrected chi connectivity index (χ3v) is 2.62. The zero-order chi connectivity index (χ0) is 13.0. The normalized spacial score (nSPS) is 10.6. The van der Waals surface area contributed by atoms with Gasteiger partial charge in [0.2, 0.25) is 0 Å². The number of rotatable bonds is 4. The molecule has 0 bridgehead atoms. The van der Waals surface area contributed by atoms with Gasteiger partial charge in [-0.1, -0.05) is 24.4 Å². The number of nitrogens with one attached hydrogen (secondary N) is 1. The summed E-state index contributed by atoms with van der Waals surface area (Å²) in [6.07, 6.45) is 0.513. The van der Waals surface area contributed by atoms with Gasteiger partial charge < -0.3 is 9.72 Å². The first kappa shape index (κ1) is 12.9. The number of aromatic amines is 1. The monoisotopic (exact) mass is 264 g/mol. The number of halogens is 1. The lowest BCUT2D eigenvalue weighted by atomic mass is 10.1. The summed E-state index contributed by atoms with van der Waals surface area (Å²) in [6.45, 7) is 0.447. The SMILES string of the molecule is COCc1cc(=S)nc(Cc2cccc(F)c2)[nH]1. The van der Waals surface area contributed by atoms with Crippen LogP contribution in [0.3, 0.4) is 0 Å². The van der Waals surface area contributed by atoms with Gasteiger partial charge in [0.1, 0.15) is 16.3 Å². The lowest BCUT2D eigenvalue weighted by Gasteiger charge is -2.05. The molecule has 0 aliphatic heterocycles. The van der Waals surface area contributed by atoms with Gasteiger partial charge in [0.05, 0.1) is 6.61 Å². The fourth-order valence-electron chi connectivity index (χ4n) is 1.72.